The number of ether oxygens (including phenoxy) is 1. The maximum absolute atomic E-state index is 12.5. The van der Waals surface area contributed by atoms with Crippen LogP contribution in [0.4, 0.5) is 11.4 Å². The average Bonchev–Trinajstić information content (AvgIpc) is 2.50. The molecule has 21 heavy (non-hydrogen) atoms. The maximum Gasteiger partial charge on any atom is 0.294 e. The molecule has 5 nitrogen and oxygen atoms in total. The summed E-state index contributed by atoms with van der Waals surface area (Å²) in [5.41, 5.74) is 7.96. The number of aromatic nitrogens is 1. The van der Waals surface area contributed by atoms with Crippen molar-refractivity contribution in [1.29, 1.82) is 0 Å². The Bertz CT molecular complexity index is 711. The van der Waals surface area contributed by atoms with Gasteiger partial charge >= 0.3 is 0 Å². The minimum Gasteiger partial charge on any atom is -0.449 e. The molecule has 1 aromatic heterocycles. The van der Waals surface area contributed by atoms with Gasteiger partial charge in [-0.15, -0.1) is 0 Å². The number of carbonyl (C=O) groups excluding carboxylic acids is 1. The van der Waals surface area contributed by atoms with Crippen LogP contribution < -0.4 is 15.4 Å². The third-order valence-corrected chi connectivity index (χ3v) is 3.27. The van der Waals surface area contributed by atoms with Crippen molar-refractivity contribution in [2.24, 2.45) is 0 Å². The highest BCUT2D eigenvalue weighted by Crippen LogP contribution is 2.37. The van der Waals surface area contributed by atoms with Gasteiger partial charge in [0.05, 0.1) is 5.69 Å². The van der Waals surface area contributed by atoms with Gasteiger partial charge in [-0.1, -0.05) is 0 Å². The number of hydrogen-bond acceptors (Lipinski definition) is 4. The second kappa shape index (κ2) is 5.28. The number of benzene rings is 1. The van der Waals surface area contributed by atoms with Crippen molar-refractivity contribution in [2.45, 2.75) is 6.92 Å². The summed E-state index contributed by atoms with van der Waals surface area (Å²) in [7, 11) is 0. The van der Waals surface area contributed by atoms with E-state index in [-0.39, 0.29) is 5.91 Å². The van der Waals surface area contributed by atoms with E-state index in [1.807, 2.05) is 19.1 Å². The highest BCUT2D eigenvalue weighted by Gasteiger charge is 2.29. The monoisotopic (exact) mass is 281 g/mol. The minimum absolute atomic E-state index is 0.174. The molecule has 3 rings (SSSR count). The molecule has 2 N–H and O–H groups in total. The summed E-state index contributed by atoms with van der Waals surface area (Å²) in [6.45, 7) is 2.46. The first-order valence-electron chi connectivity index (χ1n) is 6.70. The zero-order valence-corrected chi connectivity index (χ0v) is 11.6. The van der Waals surface area contributed by atoms with Crippen molar-refractivity contribution < 1.29 is 9.53 Å². The lowest BCUT2D eigenvalue weighted by atomic mass is 10.1. The van der Waals surface area contributed by atoms with Crippen molar-refractivity contribution >= 4 is 23.4 Å². The molecule has 0 fully saturated rings. The van der Waals surface area contributed by atoms with Crippen molar-refractivity contribution in [1.82, 2.24) is 4.98 Å². The molecule has 0 spiro atoms. The Kier molecular flexibility index (Phi) is 3.31. The zero-order chi connectivity index (χ0) is 14.8. The van der Waals surface area contributed by atoms with Crippen LogP contribution in [0.2, 0.25) is 0 Å². The van der Waals surface area contributed by atoms with Crippen LogP contribution in [0.25, 0.3) is 6.08 Å². The first kappa shape index (κ1) is 13.2. The van der Waals surface area contributed by atoms with E-state index in [0.717, 1.165) is 5.56 Å². The van der Waals surface area contributed by atoms with E-state index in [9.17, 15) is 4.79 Å². The van der Waals surface area contributed by atoms with Crippen LogP contribution in [0.5, 0.6) is 5.75 Å². The van der Waals surface area contributed by atoms with Gasteiger partial charge in [0.2, 0.25) is 0 Å². The third kappa shape index (κ3) is 2.45. The summed E-state index contributed by atoms with van der Waals surface area (Å²) in [5.74, 6) is 0.749. The normalized spacial score (nSPS) is 15.8. The molecule has 0 saturated carbocycles. The summed E-state index contributed by atoms with van der Waals surface area (Å²) < 4.78 is 5.73. The van der Waals surface area contributed by atoms with Gasteiger partial charge in [-0.25, -0.2) is 0 Å². The van der Waals surface area contributed by atoms with E-state index in [1.54, 1.807) is 41.6 Å². The summed E-state index contributed by atoms with van der Waals surface area (Å²) in [4.78, 5) is 18.1. The quantitative estimate of drug-likeness (QED) is 0.678. The molecule has 0 unspecified atom stereocenters. The summed E-state index contributed by atoms with van der Waals surface area (Å²) >= 11 is 0. The Balaban J connectivity index is 2.05. The molecule has 0 aliphatic carbocycles. The van der Waals surface area contributed by atoms with Gasteiger partial charge in [0, 0.05) is 24.6 Å². The second-order valence-corrected chi connectivity index (χ2v) is 4.67. The van der Waals surface area contributed by atoms with Gasteiger partial charge < -0.3 is 15.4 Å². The van der Waals surface area contributed by atoms with Gasteiger partial charge in [-0.3, -0.25) is 9.78 Å². The van der Waals surface area contributed by atoms with Crippen molar-refractivity contribution in [3.63, 3.8) is 0 Å². The number of anilines is 2. The molecule has 2 aromatic rings. The van der Waals surface area contributed by atoms with E-state index in [4.69, 9.17) is 10.5 Å². The molecule has 1 amide bonds. The molecule has 1 aromatic carbocycles. The van der Waals surface area contributed by atoms with Crippen molar-refractivity contribution in [3.8, 4) is 5.75 Å². The minimum atomic E-state index is -0.174. The molecule has 0 saturated heterocycles. The van der Waals surface area contributed by atoms with E-state index in [2.05, 4.69) is 4.98 Å². The summed E-state index contributed by atoms with van der Waals surface area (Å²) in [6.07, 6.45) is 5.06. The van der Waals surface area contributed by atoms with Crippen LogP contribution in [0.1, 0.15) is 12.5 Å². The lowest BCUT2D eigenvalue weighted by molar-refractivity contribution is -0.117. The van der Waals surface area contributed by atoms with Gasteiger partial charge in [-0.2, -0.15) is 0 Å². The fourth-order valence-corrected chi connectivity index (χ4v) is 2.25. The maximum atomic E-state index is 12.5. The first-order chi connectivity index (χ1) is 10.2. The molecular formula is C16H15N3O2. The molecule has 0 atom stereocenters. The largest absolute Gasteiger partial charge is 0.449 e. The van der Waals surface area contributed by atoms with Crippen LogP contribution >= 0.6 is 0 Å². The number of rotatable bonds is 2. The number of hydrogen-bond donors (Lipinski definition) is 1. The number of nitrogens with zero attached hydrogens (tertiary/aromatic N) is 2. The van der Waals surface area contributed by atoms with Gasteiger partial charge in [0.1, 0.15) is 0 Å². The highest BCUT2D eigenvalue weighted by molar-refractivity contribution is 6.10. The third-order valence-electron chi connectivity index (χ3n) is 3.27. The SMILES string of the molecule is CCN1C(=O)/C(=C\c2ccncc2)Oc2ccc(N)cc21. The lowest BCUT2D eigenvalue weighted by Gasteiger charge is -2.29. The number of nitrogen functional groups attached to an aromatic ring is 1. The van der Waals surface area contributed by atoms with Crippen LogP contribution in [0.3, 0.4) is 0 Å². The molecule has 106 valence electrons. The second-order valence-electron chi connectivity index (χ2n) is 4.67. The molecule has 0 radical (unpaired) electrons. The lowest BCUT2D eigenvalue weighted by Crippen LogP contribution is -2.37. The fourth-order valence-electron chi connectivity index (χ4n) is 2.25. The van der Waals surface area contributed by atoms with Gasteiger partial charge in [0.15, 0.2) is 11.5 Å². The smallest absolute Gasteiger partial charge is 0.294 e. The summed E-state index contributed by atoms with van der Waals surface area (Å²) in [5, 5.41) is 0. The molecule has 1 aliphatic heterocycles. The summed E-state index contributed by atoms with van der Waals surface area (Å²) in [6, 6.07) is 8.92. The van der Waals surface area contributed by atoms with Crippen molar-refractivity contribution in [2.75, 3.05) is 17.2 Å². The highest BCUT2D eigenvalue weighted by atomic mass is 16.5. The Morgan fingerprint density at radius 3 is 2.76 bits per heavy atom. The Hall–Kier alpha value is -2.82. The predicted octanol–water partition coefficient (Wildman–Crippen LogP) is 2.45. The zero-order valence-electron chi connectivity index (χ0n) is 11.6. The van der Waals surface area contributed by atoms with E-state index in [0.29, 0.717) is 29.4 Å². The van der Waals surface area contributed by atoms with Crippen LogP contribution in [-0.4, -0.2) is 17.4 Å². The van der Waals surface area contributed by atoms with Crippen LogP contribution in [0.15, 0.2) is 48.5 Å². The first-order valence-corrected chi connectivity index (χ1v) is 6.70. The fraction of sp³-hybridized carbons (Fsp3) is 0.125. The predicted molar refractivity (Wildman–Crippen MR) is 81.7 cm³/mol. The van der Waals surface area contributed by atoms with Crippen LogP contribution in [0, 0.1) is 0 Å². The topological polar surface area (TPSA) is 68.5 Å². The molecule has 5 heteroatoms. The Morgan fingerprint density at radius 1 is 1.29 bits per heavy atom. The standard InChI is InChI=1S/C16H15N3O2/c1-2-19-13-10-12(17)3-4-14(13)21-15(16(19)20)9-11-5-7-18-8-6-11/h3-10H,2,17H2,1H3/b15-9+. The number of pyridine rings is 1. The average molecular weight is 281 g/mol. The van der Waals surface area contributed by atoms with Crippen LogP contribution in [-0.2, 0) is 4.79 Å². The molecular weight excluding hydrogens is 266 g/mol. The number of carbonyl (C=O) groups is 1. The molecule has 1 aliphatic rings. The van der Waals surface area contributed by atoms with Crippen molar-refractivity contribution in [3.05, 3.63) is 54.0 Å². The molecule has 0 bridgehead atoms. The number of nitrogens with two attached hydrogens (primary N) is 1. The molecule has 2 heterocycles. The Labute approximate surface area is 122 Å². The number of fused-ring (bicyclic) bond motifs is 1. The number of likely N-dealkylation sites (N-methyl/N-ethyl adjacent to an activating group) is 1. The Morgan fingerprint density at radius 2 is 2.05 bits per heavy atom. The number of amides is 1. The van der Waals surface area contributed by atoms with E-state index in [1.165, 1.54) is 0 Å². The van der Waals surface area contributed by atoms with Gasteiger partial charge in [-0.05, 0) is 48.9 Å². The van der Waals surface area contributed by atoms with Gasteiger partial charge in [0.25, 0.3) is 5.91 Å². The van der Waals surface area contributed by atoms with E-state index < -0.39 is 0 Å². The van der Waals surface area contributed by atoms with E-state index >= 15 is 0 Å².